The summed E-state index contributed by atoms with van der Waals surface area (Å²) in [4.78, 5) is 17.4. The van der Waals surface area contributed by atoms with Gasteiger partial charge in [0.2, 0.25) is 15.9 Å². The Morgan fingerprint density at radius 2 is 1.86 bits per heavy atom. The van der Waals surface area contributed by atoms with E-state index in [0.29, 0.717) is 4.57 Å². The van der Waals surface area contributed by atoms with Crippen molar-refractivity contribution in [3.63, 3.8) is 0 Å². The highest BCUT2D eigenvalue weighted by Crippen LogP contribution is 2.23. The van der Waals surface area contributed by atoms with Crippen molar-refractivity contribution in [2.45, 2.75) is 50.6 Å². The Bertz CT molecular complexity index is 935. The minimum Gasteiger partial charge on any atom is -0.338 e. The third-order valence-corrected chi connectivity index (χ3v) is 5.90. The second-order valence-corrected chi connectivity index (χ2v) is 9.47. The van der Waals surface area contributed by atoms with Gasteiger partial charge in [-0.15, -0.1) is 0 Å². The Labute approximate surface area is 169 Å². The van der Waals surface area contributed by atoms with Gasteiger partial charge >= 0.3 is 6.55 Å². The number of sulfonamides is 1. The van der Waals surface area contributed by atoms with E-state index in [9.17, 15) is 22.0 Å². The van der Waals surface area contributed by atoms with Crippen LogP contribution in [0.2, 0.25) is 0 Å². The molecular weight excluding hydrogens is 402 g/mol. The minimum atomic E-state index is -3.75. The summed E-state index contributed by atoms with van der Waals surface area (Å²) in [5.41, 5.74) is 0.918. The van der Waals surface area contributed by atoms with Gasteiger partial charge in [0.15, 0.2) is 0 Å². The number of aromatic nitrogens is 2. The molecule has 0 radical (unpaired) electrons. The van der Waals surface area contributed by atoms with Gasteiger partial charge in [-0.3, -0.25) is 9.36 Å². The average Bonchev–Trinajstić information content (AvgIpc) is 3.09. The van der Waals surface area contributed by atoms with E-state index in [2.05, 4.69) is 9.71 Å². The summed E-state index contributed by atoms with van der Waals surface area (Å²) >= 11 is 0. The number of benzene rings is 1. The number of hydrogen-bond acceptors (Lipinski definition) is 4. The fraction of sp³-hybridized carbons (Fsp3) is 0.474. The molecule has 0 bridgehead atoms. The van der Waals surface area contributed by atoms with Crippen LogP contribution in [0.15, 0.2) is 41.6 Å². The molecule has 0 unspecified atom stereocenters. The third kappa shape index (κ3) is 6.07. The molecule has 1 heterocycles. The van der Waals surface area contributed by atoms with Crippen LogP contribution in [0.5, 0.6) is 0 Å². The minimum absolute atomic E-state index is 0.0513. The van der Waals surface area contributed by atoms with Crippen molar-refractivity contribution < 1.29 is 22.0 Å². The van der Waals surface area contributed by atoms with Crippen LogP contribution in [0.1, 0.15) is 45.1 Å². The summed E-state index contributed by atoms with van der Waals surface area (Å²) < 4.78 is 53.5. The van der Waals surface area contributed by atoms with Gasteiger partial charge in [-0.25, -0.2) is 18.1 Å². The van der Waals surface area contributed by atoms with Crippen LogP contribution < -0.4 is 4.72 Å². The predicted octanol–water partition coefficient (Wildman–Crippen LogP) is 2.90. The second-order valence-electron chi connectivity index (χ2n) is 7.70. The highest BCUT2D eigenvalue weighted by atomic mass is 32.2. The van der Waals surface area contributed by atoms with E-state index in [-0.39, 0.29) is 41.6 Å². The number of nitrogens with zero attached hydrogens (tertiary/aromatic N) is 3. The average molecular weight is 429 g/mol. The molecule has 0 aliphatic rings. The number of hydrogen-bond donors (Lipinski definition) is 1. The zero-order chi connectivity index (χ0) is 21.8. The fourth-order valence-corrected chi connectivity index (χ4v) is 3.68. The van der Waals surface area contributed by atoms with Crippen LogP contribution >= 0.6 is 0 Å². The monoisotopic (exact) mass is 428 g/mol. The van der Waals surface area contributed by atoms with Crippen molar-refractivity contribution in [1.82, 2.24) is 19.2 Å². The van der Waals surface area contributed by atoms with Crippen LogP contribution in [-0.2, 0) is 26.8 Å². The van der Waals surface area contributed by atoms with Gasteiger partial charge in [-0.1, -0.05) is 32.9 Å². The molecule has 0 saturated heterocycles. The SMILES string of the molecule is CN(Cc1nccn1C(F)F)C(=O)CCNS(=O)(=O)c1ccc(C(C)(C)C)cc1. The summed E-state index contributed by atoms with van der Waals surface area (Å²) in [5.74, 6) is -0.338. The van der Waals surface area contributed by atoms with E-state index in [0.717, 1.165) is 11.8 Å². The standard InChI is InChI=1S/C19H26F2N4O3S/c1-19(2,3)14-5-7-15(8-6-14)29(27,28)23-10-9-17(26)24(4)13-16-22-11-12-25(16)18(20)21/h5-8,11-12,18,23H,9-10,13H2,1-4H3. The predicted molar refractivity (Wildman–Crippen MR) is 105 cm³/mol. The molecule has 160 valence electrons. The van der Waals surface area contributed by atoms with Crippen molar-refractivity contribution in [2.24, 2.45) is 0 Å². The van der Waals surface area contributed by atoms with Gasteiger partial charge < -0.3 is 4.90 Å². The molecule has 0 fully saturated rings. The van der Waals surface area contributed by atoms with Crippen LogP contribution in [0.3, 0.4) is 0 Å². The summed E-state index contributed by atoms with van der Waals surface area (Å²) in [6.45, 7) is 3.15. The molecule has 1 amide bonds. The highest BCUT2D eigenvalue weighted by molar-refractivity contribution is 7.89. The van der Waals surface area contributed by atoms with Gasteiger partial charge in [0.1, 0.15) is 5.82 Å². The maximum atomic E-state index is 12.8. The Hall–Kier alpha value is -2.33. The first-order valence-corrected chi connectivity index (χ1v) is 10.5. The summed E-state index contributed by atoms with van der Waals surface area (Å²) in [6.07, 6.45) is 2.27. The lowest BCUT2D eigenvalue weighted by molar-refractivity contribution is -0.130. The van der Waals surface area contributed by atoms with E-state index in [4.69, 9.17) is 0 Å². The maximum Gasteiger partial charge on any atom is 0.319 e. The molecule has 0 spiro atoms. The van der Waals surface area contributed by atoms with Gasteiger partial charge in [-0.2, -0.15) is 8.78 Å². The zero-order valence-corrected chi connectivity index (χ0v) is 17.7. The Morgan fingerprint density at radius 1 is 1.24 bits per heavy atom. The molecule has 1 aromatic carbocycles. The number of carbonyl (C=O) groups excluding carboxylic acids is 1. The number of nitrogens with one attached hydrogen (secondary N) is 1. The Balaban J connectivity index is 1.90. The molecule has 0 atom stereocenters. The van der Waals surface area contributed by atoms with E-state index in [1.807, 2.05) is 20.8 Å². The molecule has 29 heavy (non-hydrogen) atoms. The molecule has 2 aromatic rings. The lowest BCUT2D eigenvalue weighted by Crippen LogP contribution is -2.32. The van der Waals surface area contributed by atoms with Crippen molar-refractivity contribution in [1.29, 1.82) is 0 Å². The normalized spacial score (nSPS) is 12.4. The lowest BCUT2D eigenvalue weighted by atomic mass is 9.87. The number of carbonyl (C=O) groups is 1. The van der Waals surface area contributed by atoms with Gasteiger partial charge in [0, 0.05) is 32.4 Å². The first-order valence-electron chi connectivity index (χ1n) is 9.06. The molecule has 1 aromatic heterocycles. The molecule has 7 nitrogen and oxygen atoms in total. The van der Waals surface area contributed by atoms with Crippen LogP contribution in [-0.4, -0.2) is 42.4 Å². The lowest BCUT2D eigenvalue weighted by Gasteiger charge is -2.19. The van der Waals surface area contributed by atoms with Crippen LogP contribution in [0.4, 0.5) is 8.78 Å². The number of alkyl halides is 2. The Morgan fingerprint density at radius 3 is 2.41 bits per heavy atom. The van der Waals surface area contributed by atoms with E-state index in [1.54, 1.807) is 12.1 Å². The fourth-order valence-electron chi connectivity index (χ4n) is 2.65. The zero-order valence-electron chi connectivity index (χ0n) is 16.9. The number of imidazole rings is 1. The third-order valence-electron chi connectivity index (χ3n) is 4.43. The smallest absolute Gasteiger partial charge is 0.319 e. The number of rotatable bonds is 8. The summed E-state index contributed by atoms with van der Waals surface area (Å²) in [6, 6.07) is 6.58. The van der Waals surface area contributed by atoms with Crippen molar-refractivity contribution >= 4 is 15.9 Å². The molecule has 2 rings (SSSR count). The molecule has 1 N–H and O–H groups in total. The largest absolute Gasteiger partial charge is 0.338 e. The number of amides is 1. The Kier molecular flexibility index (Phi) is 7.12. The van der Waals surface area contributed by atoms with E-state index in [1.165, 1.54) is 30.3 Å². The van der Waals surface area contributed by atoms with Crippen molar-refractivity contribution in [2.75, 3.05) is 13.6 Å². The molecule has 0 aliphatic carbocycles. The summed E-state index contributed by atoms with van der Waals surface area (Å²) in [7, 11) is -2.30. The van der Waals surface area contributed by atoms with E-state index < -0.39 is 16.6 Å². The van der Waals surface area contributed by atoms with Gasteiger partial charge in [0.25, 0.3) is 0 Å². The first kappa shape index (κ1) is 23.0. The van der Waals surface area contributed by atoms with E-state index >= 15 is 0 Å². The molecule has 0 saturated carbocycles. The molecular formula is C19H26F2N4O3S. The van der Waals surface area contributed by atoms with Gasteiger partial charge in [-0.05, 0) is 23.1 Å². The van der Waals surface area contributed by atoms with Crippen molar-refractivity contribution in [3.8, 4) is 0 Å². The van der Waals surface area contributed by atoms with Crippen LogP contribution in [0, 0.1) is 0 Å². The summed E-state index contributed by atoms with van der Waals surface area (Å²) in [5, 5.41) is 0. The highest BCUT2D eigenvalue weighted by Gasteiger charge is 2.19. The topological polar surface area (TPSA) is 84.3 Å². The second kappa shape index (κ2) is 9.00. The first-order chi connectivity index (χ1) is 13.4. The molecule has 10 heteroatoms. The quantitative estimate of drug-likeness (QED) is 0.701. The maximum absolute atomic E-state index is 12.8. The van der Waals surface area contributed by atoms with Gasteiger partial charge in [0.05, 0.1) is 11.4 Å². The van der Waals surface area contributed by atoms with Crippen molar-refractivity contribution in [3.05, 3.63) is 48.0 Å². The van der Waals surface area contributed by atoms with Crippen LogP contribution in [0.25, 0.3) is 0 Å². The molecule has 0 aliphatic heterocycles. The number of halogens is 2.